The molecule has 1 aromatic heterocycles. The molecular formula is C22H17FN2O4S. The second kappa shape index (κ2) is 8.08. The third kappa shape index (κ3) is 4.38. The minimum atomic E-state index is -3.67. The molecule has 0 spiro atoms. The fourth-order valence-corrected chi connectivity index (χ4v) is 4.14. The zero-order chi connectivity index (χ0) is 21.1. The van der Waals surface area contributed by atoms with Gasteiger partial charge in [-0.2, -0.15) is 0 Å². The molecule has 1 amide bonds. The van der Waals surface area contributed by atoms with E-state index in [1.54, 1.807) is 24.3 Å². The number of fused-ring (bicyclic) bond motifs is 1. The smallest absolute Gasteiger partial charge is 0.227 e. The van der Waals surface area contributed by atoms with E-state index in [4.69, 9.17) is 4.42 Å². The molecule has 0 aliphatic heterocycles. The number of hydrogen-bond acceptors (Lipinski definition) is 5. The Morgan fingerprint density at radius 3 is 2.37 bits per heavy atom. The number of rotatable bonds is 6. The van der Waals surface area contributed by atoms with Crippen molar-refractivity contribution in [1.29, 1.82) is 0 Å². The van der Waals surface area contributed by atoms with Crippen LogP contribution in [0.1, 0.15) is 6.42 Å². The summed E-state index contributed by atoms with van der Waals surface area (Å²) in [6.07, 6.45) is -0.216. The molecule has 0 saturated carbocycles. The van der Waals surface area contributed by atoms with Crippen molar-refractivity contribution in [3.63, 3.8) is 0 Å². The molecule has 4 aromatic rings. The normalized spacial score (nSPS) is 11.5. The lowest BCUT2D eigenvalue weighted by molar-refractivity contribution is -0.115. The van der Waals surface area contributed by atoms with Gasteiger partial charge in [0.15, 0.2) is 15.4 Å². The largest absolute Gasteiger partial charge is 0.436 e. The van der Waals surface area contributed by atoms with Gasteiger partial charge in [-0.1, -0.05) is 12.1 Å². The first-order chi connectivity index (χ1) is 14.4. The number of carbonyl (C=O) groups excluding carboxylic acids is 1. The van der Waals surface area contributed by atoms with Gasteiger partial charge in [0.25, 0.3) is 0 Å². The maximum absolute atomic E-state index is 13.0. The van der Waals surface area contributed by atoms with Gasteiger partial charge in [-0.3, -0.25) is 4.79 Å². The molecular weight excluding hydrogens is 407 g/mol. The first kappa shape index (κ1) is 19.8. The minimum Gasteiger partial charge on any atom is -0.436 e. The van der Waals surface area contributed by atoms with Crippen LogP contribution >= 0.6 is 0 Å². The summed E-state index contributed by atoms with van der Waals surface area (Å²) in [6, 6.07) is 18.9. The molecule has 1 N–H and O–H groups in total. The molecule has 0 saturated heterocycles. The lowest BCUT2D eigenvalue weighted by atomic mass is 10.2. The topological polar surface area (TPSA) is 89.3 Å². The highest BCUT2D eigenvalue weighted by atomic mass is 32.2. The third-order valence-corrected chi connectivity index (χ3v) is 6.21. The van der Waals surface area contributed by atoms with Crippen molar-refractivity contribution in [2.45, 2.75) is 11.3 Å². The standard InChI is InChI=1S/C22H17FN2O4S/c23-16-7-11-18(12-8-16)30(27,28)14-13-21(26)24-17-9-5-15(6-10-17)22-25-19-3-1-2-4-20(19)29-22/h1-12H,13-14H2,(H,24,26). The summed E-state index contributed by atoms with van der Waals surface area (Å²) in [5.74, 6) is -0.853. The fourth-order valence-electron chi connectivity index (χ4n) is 2.90. The van der Waals surface area contributed by atoms with E-state index >= 15 is 0 Å². The molecule has 0 fully saturated rings. The van der Waals surface area contributed by atoms with E-state index in [1.807, 2.05) is 24.3 Å². The molecule has 0 aliphatic rings. The number of hydrogen-bond donors (Lipinski definition) is 1. The van der Waals surface area contributed by atoms with Crippen LogP contribution in [0.3, 0.4) is 0 Å². The van der Waals surface area contributed by atoms with Crippen LogP contribution in [0.5, 0.6) is 0 Å². The highest BCUT2D eigenvalue weighted by molar-refractivity contribution is 7.91. The lowest BCUT2D eigenvalue weighted by Gasteiger charge is -2.07. The Bertz CT molecular complexity index is 1260. The van der Waals surface area contributed by atoms with E-state index in [0.29, 0.717) is 17.2 Å². The Morgan fingerprint density at radius 2 is 1.67 bits per heavy atom. The van der Waals surface area contributed by atoms with Gasteiger partial charge >= 0.3 is 0 Å². The molecule has 4 rings (SSSR count). The van der Waals surface area contributed by atoms with Gasteiger partial charge < -0.3 is 9.73 Å². The molecule has 152 valence electrons. The van der Waals surface area contributed by atoms with Gasteiger partial charge in [0.1, 0.15) is 11.3 Å². The average molecular weight is 424 g/mol. The Morgan fingerprint density at radius 1 is 0.967 bits per heavy atom. The Kier molecular flexibility index (Phi) is 5.33. The zero-order valence-electron chi connectivity index (χ0n) is 15.7. The molecule has 30 heavy (non-hydrogen) atoms. The summed E-state index contributed by atoms with van der Waals surface area (Å²) in [6.45, 7) is 0. The van der Waals surface area contributed by atoms with Gasteiger partial charge in [0, 0.05) is 17.7 Å². The number of nitrogens with one attached hydrogen (secondary N) is 1. The van der Waals surface area contributed by atoms with Gasteiger partial charge in [0.2, 0.25) is 11.8 Å². The molecule has 0 unspecified atom stereocenters. The van der Waals surface area contributed by atoms with E-state index < -0.39 is 21.6 Å². The van der Waals surface area contributed by atoms with Crippen molar-refractivity contribution >= 4 is 32.5 Å². The van der Waals surface area contributed by atoms with Crippen LogP contribution in [-0.2, 0) is 14.6 Å². The first-order valence-corrected chi connectivity index (χ1v) is 10.8. The number of para-hydroxylation sites is 2. The van der Waals surface area contributed by atoms with Crippen molar-refractivity contribution in [3.8, 4) is 11.5 Å². The Labute approximate surface area is 172 Å². The van der Waals surface area contributed by atoms with Crippen molar-refractivity contribution in [2.75, 3.05) is 11.1 Å². The number of benzene rings is 3. The quantitative estimate of drug-likeness (QED) is 0.462. The van der Waals surface area contributed by atoms with Crippen molar-refractivity contribution in [3.05, 3.63) is 78.6 Å². The molecule has 0 aliphatic carbocycles. The first-order valence-electron chi connectivity index (χ1n) is 9.15. The van der Waals surface area contributed by atoms with Gasteiger partial charge in [-0.05, 0) is 60.7 Å². The second-order valence-electron chi connectivity index (χ2n) is 6.64. The summed E-state index contributed by atoms with van der Waals surface area (Å²) in [4.78, 5) is 16.6. The number of nitrogens with zero attached hydrogens (tertiary/aromatic N) is 1. The van der Waals surface area contributed by atoms with Crippen molar-refractivity contribution in [1.82, 2.24) is 4.98 Å². The number of carbonyl (C=O) groups is 1. The molecule has 0 bridgehead atoms. The lowest BCUT2D eigenvalue weighted by Crippen LogP contribution is -2.17. The fraction of sp³-hybridized carbons (Fsp3) is 0.0909. The van der Waals surface area contributed by atoms with E-state index in [9.17, 15) is 17.6 Å². The Hall–Kier alpha value is -3.52. The summed E-state index contributed by atoms with van der Waals surface area (Å²) >= 11 is 0. The molecule has 0 radical (unpaired) electrons. The maximum atomic E-state index is 13.0. The third-order valence-electron chi connectivity index (χ3n) is 4.48. The van der Waals surface area contributed by atoms with Gasteiger partial charge in [-0.15, -0.1) is 0 Å². The van der Waals surface area contributed by atoms with Crippen LogP contribution < -0.4 is 5.32 Å². The van der Waals surface area contributed by atoms with Crippen molar-refractivity contribution in [2.24, 2.45) is 0 Å². The van der Waals surface area contributed by atoms with Crippen LogP contribution in [0.2, 0.25) is 0 Å². The highest BCUT2D eigenvalue weighted by Crippen LogP contribution is 2.25. The number of oxazole rings is 1. The summed E-state index contributed by atoms with van der Waals surface area (Å²) in [7, 11) is -3.67. The van der Waals surface area contributed by atoms with Crippen LogP contribution in [0.15, 0.2) is 82.1 Å². The average Bonchev–Trinajstić information content (AvgIpc) is 3.17. The van der Waals surface area contributed by atoms with Crippen LogP contribution in [0.25, 0.3) is 22.6 Å². The van der Waals surface area contributed by atoms with Crippen LogP contribution in [-0.4, -0.2) is 25.1 Å². The maximum Gasteiger partial charge on any atom is 0.227 e. The highest BCUT2D eigenvalue weighted by Gasteiger charge is 2.17. The Balaban J connectivity index is 1.38. The second-order valence-corrected chi connectivity index (χ2v) is 8.74. The molecule has 0 atom stereocenters. The van der Waals surface area contributed by atoms with Crippen molar-refractivity contribution < 1.29 is 22.0 Å². The number of aromatic nitrogens is 1. The summed E-state index contributed by atoms with van der Waals surface area (Å²) in [5.41, 5.74) is 2.72. The van der Waals surface area contributed by atoms with E-state index in [0.717, 1.165) is 23.2 Å². The number of halogens is 1. The zero-order valence-corrected chi connectivity index (χ0v) is 16.5. The van der Waals surface area contributed by atoms with Gasteiger partial charge in [-0.25, -0.2) is 17.8 Å². The molecule has 6 nitrogen and oxygen atoms in total. The van der Waals surface area contributed by atoms with Crippen LogP contribution in [0, 0.1) is 5.82 Å². The molecule has 1 heterocycles. The van der Waals surface area contributed by atoms with E-state index in [-0.39, 0.29) is 17.1 Å². The minimum absolute atomic E-state index is 0.0145. The SMILES string of the molecule is O=C(CCS(=O)(=O)c1ccc(F)cc1)Nc1ccc(-c2nc3ccccc3o2)cc1. The summed E-state index contributed by atoms with van der Waals surface area (Å²) in [5, 5.41) is 2.67. The van der Waals surface area contributed by atoms with E-state index in [1.165, 1.54) is 12.1 Å². The number of anilines is 1. The van der Waals surface area contributed by atoms with Crippen LogP contribution in [0.4, 0.5) is 10.1 Å². The molecule has 3 aromatic carbocycles. The monoisotopic (exact) mass is 424 g/mol. The van der Waals surface area contributed by atoms with Gasteiger partial charge in [0.05, 0.1) is 10.6 Å². The molecule has 8 heteroatoms. The number of sulfone groups is 1. The predicted molar refractivity (Wildman–Crippen MR) is 111 cm³/mol. The summed E-state index contributed by atoms with van der Waals surface area (Å²) < 4.78 is 43.2. The number of amides is 1. The predicted octanol–water partition coefficient (Wildman–Crippen LogP) is 4.44. The van der Waals surface area contributed by atoms with E-state index in [2.05, 4.69) is 10.3 Å².